The predicted octanol–water partition coefficient (Wildman–Crippen LogP) is 3.53. The summed E-state index contributed by atoms with van der Waals surface area (Å²) >= 11 is 0. The number of rotatable bonds is 6. The number of oxime groups is 1. The molecular formula is C23H19N5O. The van der Waals surface area contributed by atoms with E-state index in [9.17, 15) is 0 Å². The van der Waals surface area contributed by atoms with Crippen molar-refractivity contribution in [3.63, 3.8) is 0 Å². The first-order valence-electron chi connectivity index (χ1n) is 9.42. The maximum atomic E-state index is 9.02. The highest BCUT2D eigenvalue weighted by Gasteiger charge is 2.17. The molecular weight excluding hydrogens is 362 g/mol. The first-order valence-corrected chi connectivity index (χ1v) is 9.42. The second kappa shape index (κ2) is 8.86. The van der Waals surface area contributed by atoms with Crippen LogP contribution in [0.15, 0.2) is 66.5 Å². The molecule has 142 valence electrons. The van der Waals surface area contributed by atoms with Crippen molar-refractivity contribution in [1.29, 1.82) is 5.26 Å². The monoisotopic (exact) mass is 381 g/mol. The summed E-state index contributed by atoms with van der Waals surface area (Å²) in [6.45, 7) is 0.786. The van der Waals surface area contributed by atoms with Crippen LogP contribution in [-0.2, 0) is 18.0 Å². The normalized spacial score (nSPS) is 13.3. The van der Waals surface area contributed by atoms with E-state index in [-0.39, 0.29) is 6.61 Å². The molecule has 0 atom stereocenters. The Morgan fingerprint density at radius 2 is 2.21 bits per heavy atom. The van der Waals surface area contributed by atoms with Crippen LogP contribution in [0, 0.1) is 29.1 Å². The van der Waals surface area contributed by atoms with E-state index in [0.29, 0.717) is 18.0 Å². The second-order valence-electron chi connectivity index (χ2n) is 6.83. The summed E-state index contributed by atoms with van der Waals surface area (Å²) in [6, 6.07) is 13.3. The van der Waals surface area contributed by atoms with Gasteiger partial charge in [-0.1, -0.05) is 23.2 Å². The Kier molecular flexibility index (Phi) is 5.64. The summed E-state index contributed by atoms with van der Waals surface area (Å²) in [5.74, 6) is 6.88. The molecule has 0 bridgehead atoms. The zero-order chi connectivity index (χ0) is 19.9. The molecule has 0 amide bonds. The summed E-state index contributed by atoms with van der Waals surface area (Å²) in [4.78, 5) is 14.1. The maximum absolute atomic E-state index is 9.02. The van der Waals surface area contributed by atoms with Crippen molar-refractivity contribution >= 4 is 5.71 Å². The fraction of sp³-hybridized carbons (Fsp3) is 0.217. The molecule has 0 radical (unpaired) electrons. The highest BCUT2D eigenvalue weighted by molar-refractivity contribution is 5.99. The van der Waals surface area contributed by atoms with Gasteiger partial charge in [-0.15, -0.1) is 0 Å². The molecule has 1 aromatic carbocycles. The number of imidazole rings is 1. The summed E-state index contributed by atoms with van der Waals surface area (Å²) in [7, 11) is 0. The van der Waals surface area contributed by atoms with Crippen LogP contribution in [0.3, 0.4) is 0 Å². The van der Waals surface area contributed by atoms with E-state index < -0.39 is 0 Å². The topological polar surface area (TPSA) is 76.1 Å². The molecule has 29 heavy (non-hydrogen) atoms. The molecule has 1 saturated carbocycles. The van der Waals surface area contributed by atoms with Gasteiger partial charge in [0.05, 0.1) is 24.5 Å². The Morgan fingerprint density at radius 1 is 1.28 bits per heavy atom. The zero-order valence-corrected chi connectivity index (χ0v) is 15.8. The Hall–Kier alpha value is -3.90. The van der Waals surface area contributed by atoms with Gasteiger partial charge in [0.15, 0.2) is 0 Å². The van der Waals surface area contributed by atoms with Crippen molar-refractivity contribution in [3.05, 3.63) is 83.7 Å². The maximum Gasteiger partial charge on any atom is 0.142 e. The molecule has 0 spiro atoms. The van der Waals surface area contributed by atoms with Crippen molar-refractivity contribution in [2.45, 2.75) is 26.0 Å². The summed E-state index contributed by atoms with van der Waals surface area (Å²) in [6.07, 6.45) is 9.49. The van der Waals surface area contributed by atoms with E-state index in [0.717, 1.165) is 22.5 Å². The quantitative estimate of drug-likeness (QED) is 0.372. The van der Waals surface area contributed by atoms with Gasteiger partial charge in [0.2, 0.25) is 0 Å². The zero-order valence-electron chi connectivity index (χ0n) is 15.8. The van der Waals surface area contributed by atoms with Gasteiger partial charge in [-0.05, 0) is 48.6 Å². The molecule has 1 aliphatic carbocycles. The minimum atomic E-state index is 0.279. The summed E-state index contributed by atoms with van der Waals surface area (Å²) in [5, 5.41) is 13.4. The number of nitriles is 1. The number of hydrogen-bond acceptors (Lipinski definition) is 5. The Morgan fingerprint density at radius 3 is 2.93 bits per heavy atom. The molecule has 0 N–H and O–H groups in total. The lowest BCUT2D eigenvalue weighted by Gasteiger charge is -2.08. The van der Waals surface area contributed by atoms with Crippen molar-refractivity contribution in [2.24, 2.45) is 11.1 Å². The van der Waals surface area contributed by atoms with Gasteiger partial charge in [0.1, 0.15) is 18.0 Å². The fourth-order valence-corrected chi connectivity index (χ4v) is 2.68. The van der Waals surface area contributed by atoms with Crippen LogP contribution in [0.5, 0.6) is 0 Å². The minimum Gasteiger partial charge on any atom is -0.391 e. The third kappa shape index (κ3) is 5.31. The number of nitrogens with zero attached hydrogens (tertiary/aromatic N) is 5. The molecule has 1 aliphatic rings. The third-order valence-corrected chi connectivity index (χ3v) is 4.43. The molecule has 3 aromatic rings. The number of aromatic nitrogens is 3. The van der Waals surface area contributed by atoms with E-state index in [1.54, 1.807) is 30.9 Å². The minimum absolute atomic E-state index is 0.279. The average molecular weight is 381 g/mol. The van der Waals surface area contributed by atoms with Gasteiger partial charge < -0.3 is 9.40 Å². The number of benzene rings is 1. The van der Waals surface area contributed by atoms with E-state index in [1.807, 2.05) is 35.0 Å². The molecule has 6 nitrogen and oxygen atoms in total. The molecule has 0 aliphatic heterocycles. The van der Waals surface area contributed by atoms with Gasteiger partial charge in [-0.3, -0.25) is 0 Å². The van der Waals surface area contributed by atoms with Gasteiger partial charge in [0.25, 0.3) is 0 Å². The van der Waals surface area contributed by atoms with Crippen molar-refractivity contribution in [1.82, 2.24) is 14.5 Å². The largest absolute Gasteiger partial charge is 0.391 e. The van der Waals surface area contributed by atoms with Crippen molar-refractivity contribution in [3.8, 4) is 17.9 Å². The third-order valence-electron chi connectivity index (χ3n) is 4.43. The van der Waals surface area contributed by atoms with Gasteiger partial charge >= 0.3 is 0 Å². The van der Waals surface area contributed by atoms with Crippen molar-refractivity contribution in [2.75, 3.05) is 0 Å². The van der Waals surface area contributed by atoms with Crippen LogP contribution in [0.4, 0.5) is 0 Å². The lowest BCUT2D eigenvalue weighted by atomic mass is 10.1. The Balaban J connectivity index is 1.50. The predicted molar refractivity (Wildman–Crippen MR) is 109 cm³/mol. The van der Waals surface area contributed by atoms with Crippen LogP contribution in [0.2, 0.25) is 0 Å². The fourth-order valence-electron chi connectivity index (χ4n) is 2.68. The number of hydrogen-bond donors (Lipinski definition) is 0. The van der Waals surface area contributed by atoms with Gasteiger partial charge in [-0.25, -0.2) is 9.97 Å². The number of pyridine rings is 1. The van der Waals surface area contributed by atoms with E-state index >= 15 is 0 Å². The Labute approximate surface area is 169 Å². The van der Waals surface area contributed by atoms with Crippen LogP contribution < -0.4 is 0 Å². The smallest absolute Gasteiger partial charge is 0.142 e. The van der Waals surface area contributed by atoms with E-state index in [1.165, 1.54) is 12.8 Å². The molecule has 4 rings (SSSR count). The van der Waals surface area contributed by atoms with Crippen molar-refractivity contribution < 1.29 is 4.84 Å². The highest BCUT2D eigenvalue weighted by Crippen LogP contribution is 2.27. The van der Waals surface area contributed by atoms with Crippen LogP contribution in [-0.4, -0.2) is 20.2 Å². The second-order valence-corrected chi connectivity index (χ2v) is 6.83. The molecule has 1 fully saturated rings. The standard InChI is InChI=1S/C23H19N5O/c24-13-19-2-1-3-20(12-19)16-29-27-23(15-28-11-10-25-17-28)21-7-9-22(26-14-21)8-6-18-4-5-18/h1-3,7,9-12,14,17-18H,4-5,15-16H2/b27-23+. The molecule has 0 unspecified atom stereocenters. The lowest BCUT2D eigenvalue weighted by Crippen LogP contribution is -2.12. The van der Waals surface area contributed by atoms with Crippen LogP contribution >= 0.6 is 0 Å². The molecule has 2 aromatic heterocycles. The van der Waals surface area contributed by atoms with E-state index in [4.69, 9.17) is 10.1 Å². The molecule has 0 saturated heterocycles. The van der Waals surface area contributed by atoms with Crippen LogP contribution in [0.1, 0.15) is 35.2 Å². The first kappa shape index (κ1) is 18.5. The lowest BCUT2D eigenvalue weighted by molar-refractivity contribution is 0.130. The van der Waals surface area contributed by atoms with E-state index in [2.05, 4.69) is 33.0 Å². The summed E-state index contributed by atoms with van der Waals surface area (Å²) < 4.78 is 1.92. The average Bonchev–Trinajstić information content (AvgIpc) is 3.46. The molecule has 2 heterocycles. The SMILES string of the molecule is N#Cc1cccc(CO/N=C(\Cn2ccnc2)c2ccc(C#CC3CC3)nc2)c1. The summed E-state index contributed by atoms with van der Waals surface area (Å²) in [5.41, 5.74) is 3.84. The Bertz CT molecular complexity index is 1090. The molecule has 6 heteroatoms. The first-order chi connectivity index (χ1) is 14.3. The highest BCUT2D eigenvalue weighted by atomic mass is 16.6. The van der Waals surface area contributed by atoms with Gasteiger partial charge in [0, 0.05) is 30.1 Å². The van der Waals surface area contributed by atoms with Gasteiger partial charge in [-0.2, -0.15) is 5.26 Å². The van der Waals surface area contributed by atoms with Crippen LogP contribution in [0.25, 0.3) is 0 Å².